The second-order valence-corrected chi connectivity index (χ2v) is 12.4. The fourth-order valence-electron chi connectivity index (χ4n) is 4.92. The van der Waals surface area contributed by atoms with Crippen LogP contribution < -0.4 is 10.1 Å². The number of hydrogen-bond donors (Lipinski definition) is 1. The third-order valence-electron chi connectivity index (χ3n) is 6.56. The van der Waals surface area contributed by atoms with E-state index in [2.05, 4.69) is 15.3 Å². The Morgan fingerprint density at radius 2 is 1.87 bits per heavy atom. The fourth-order valence-corrected chi connectivity index (χ4v) is 6.44. The normalized spacial score (nSPS) is 15.3. The lowest BCUT2D eigenvalue weighted by Gasteiger charge is -2.22. The van der Waals surface area contributed by atoms with E-state index >= 15 is 0 Å². The minimum atomic E-state index is -3.99. The Balaban J connectivity index is 1.67. The second kappa shape index (κ2) is 10.00. The molecule has 5 rings (SSSR count). The summed E-state index contributed by atoms with van der Waals surface area (Å²) in [4.78, 5) is 21.5. The van der Waals surface area contributed by atoms with E-state index in [1.165, 1.54) is 16.4 Å². The Kier molecular flexibility index (Phi) is 6.84. The second-order valence-electron chi connectivity index (χ2n) is 10.6. The summed E-state index contributed by atoms with van der Waals surface area (Å²) in [5.74, 6) is 0.311. The number of fused-ring (bicyclic) bond motifs is 3. The van der Waals surface area contributed by atoms with Crippen molar-refractivity contribution >= 4 is 27.0 Å². The van der Waals surface area contributed by atoms with Gasteiger partial charge in [0.1, 0.15) is 11.3 Å². The fraction of sp³-hybridized carbons (Fsp3) is 0.345. The molecule has 1 amide bonds. The van der Waals surface area contributed by atoms with Gasteiger partial charge in [-0.05, 0) is 82.9 Å². The molecule has 10 heteroatoms. The molecule has 0 radical (unpaired) electrons. The molecule has 2 aromatic heterocycles. The first-order valence-electron chi connectivity index (χ1n) is 12.9. The zero-order valence-electron chi connectivity index (χ0n) is 22.7. The highest BCUT2D eigenvalue weighted by atomic mass is 32.2. The van der Waals surface area contributed by atoms with Crippen LogP contribution in [0.5, 0.6) is 5.88 Å². The SMILES string of the molecule is CCOc1cncc(-c2cc3c4c(ccc3n2S(=O)(=O)c2ccc(C)cc2)C(NC(=O)OC(C)(C)C)CC4)n1. The van der Waals surface area contributed by atoms with Crippen LogP contribution in [0.1, 0.15) is 56.8 Å². The quantitative estimate of drug-likeness (QED) is 0.336. The van der Waals surface area contributed by atoms with Gasteiger partial charge in [-0.25, -0.2) is 22.2 Å². The van der Waals surface area contributed by atoms with Gasteiger partial charge in [-0.2, -0.15) is 0 Å². The number of nitrogens with one attached hydrogen (secondary N) is 1. The smallest absolute Gasteiger partial charge is 0.408 e. The highest BCUT2D eigenvalue weighted by Gasteiger charge is 2.31. The van der Waals surface area contributed by atoms with Gasteiger partial charge in [0.2, 0.25) is 5.88 Å². The molecule has 0 bridgehead atoms. The van der Waals surface area contributed by atoms with Crippen LogP contribution >= 0.6 is 0 Å². The molecule has 9 nitrogen and oxygen atoms in total. The Hall–Kier alpha value is -3.92. The molecule has 1 N–H and O–H groups in total. The van der Waals surface area contributed by atoms with Crippen molar-refractivity contribution < 1.29 is 22.7 Å². The number of amides is 1. The van der Waals surface area contributed by atoms with Gasteiger partial charge in [0.15, 0.2) is 0 Å². The van der Waals surface area contributed by atoms with E-state index in [0.29, 0.717) is 42.2 Å². The van der Waals surface area contributed by atoms with Crippen molar-refractivity contribution in [1.82, 2.24) is 19.3 Å². The molecule has 0 saturated heterocycles. The molecule has 1 aliphatic rings. The standard InChI is InChI=1S/C29H32N4O5S/c1-6-37-27-17-30-16-24(31-27)26-15-22-20-11-13-23(32-28(34)38-29(3,4)5)21(20)12-14-25(22)33(26)39(35,36)19-9-7-18(2)8-10-19/h7-10,12,14-17,23H,6,11,13H2,1-5H3,(H,32,34). The molecular weight excluding hydrogens is 516 g/mol. The van der Waals surface area contributed by atoms with Crippen molar-refractivity contribution in [2.45, 2.75) is 64.0 Å². The summed E-state index contributed by atoms with van der Waals surface area (Å²) in [7, 11) is -3.99. The van der Waals surface area contributed by atoms with E-state index in [0.717, 1.165) is 22.1 Å². The number of hydrogen-bond acceptors (Lipinski definition) is 7. The first-order chi connectivity index (χ1) is 18.5. The molecule has 0 saturated carbocycles. The largest absolute Gasteiger partial charge is 0.477 e. The van der Waals surface area contributed by atoms with Crippen molar-refractivity contribution in [3.05, 3.63) is 71.5 Å². The van der Waals surface area contributed by atoms with Gasteiger partial charge < -0.3 is 14.8 Å². The third kappa shape index (κ3) is 5.21. The summed E-state index contributed by atoms with van der Waals surface area (Å²) in [6.07, 6.45) is 3.90. The Bertz CT molecular complexity index is 1650. The number of aryl methyl sites for hydroxylation is 2. The lowest BCUT2D eigenvalue weighted by Crippen LogP contribution is -2.34. The summed E-state index contributed by atoms with van der Waals surface area (Å²) in [5.41, 5.74) is 3.58. The first-order valence-corrected chi connectivity index (χ1v) is 14.4. The van der Waals surface area contributed by atoms with Crippen LogP contribution in [0.2, 0.25) is 0 Å². The third-order valence-corrected chi connectivity index (χ3v) is 8.31. The number of nitrogens with zero attached hydrogens (tertiary/aromatic N) is 3. The van der Waals surface area contributed by atoms with Crippen LogP contribution in [0, 0.1) is 6.92 Å². The molecule has 4 aromatic rings. The molecule has 1 atom stereocenters. The van der Waals surface area contributed by atoms with Gasteiger partial charge in [0.05, 0.1) is 41.1 Å². The van der Waals surface area contributed by atoms with Crippen LogP contribution in [-0.4, -0.2) is 40.7 Å². The van der Waals surface area contributed by atoms with Gasteiger partial charge in [-0.1, -0.05) is 23.8 Å². The zero-order valence-corrected chi connectivity index (χ0v) is 23.5. The number of rotatable bonds is 6. The number of benzene rings is 2. The number of aromatic nitrogens is 3. The van der Waals surface area contributed by atoms with Gasteiger partial charge in [-0.3, -0.25) is 4.98 Å². The molecule has 0 fully saturated rings. The van der Waals surface area contributed by atoms with Crippen molar-refractivity contribution in [3.63, 3.8) is 0 Å². The van der Waals surface area contributed by atoms with Crippen molar-refractivity contribution in [3.8, 4) is 17.3 Å². The Labute approximate surface area is 228 Å². The Morgan fingerprint density at radius 3 is 2.56 bits per heavy atom. The summed E-state index contributed by atoms with van der Waals surface area (Å²) in [6.45, 7) is 9.62. The molecule has 39 heavy (non-hydrogen) atoms. The number of carbonyl (C=O) groups excluding carboxylic acids is 1. The van der Waals surface area contributed by atoms with Gasteiger partial charge in [0, 0.05) is 5.39 Å². The molecular formula is C29H32N4O5S. The molecule has 1 aliphatic carbocycles. The van der Waals surface area contributed by atoms with Crippen LogP contribution in [0.15, 0.2) is 59.8 Å². The summed E-state index contributed by atoms with van der Waals surface area (Å²) in [6, 6.07) is 12.1. The lowest BCUT2D eigenvalue weighted by molar-refractivity contribution is 0.0503. The van der Waals surface area contributed by atoms with E-state index < -0.39 is 21.7 Å². The molecule has 0 spiro atoms. The summed E-state index contributed by atoms with van der Waals surface area (Å²) >= 11 is 0. The minimum Gasteiger partial charge on any atom is -0.477 e. The topological polar surface area (TPSA) is 112 Å². The van der Waals surface area contributed by atoms with Crippen LogP contribution in [0.3, 0.4) is 0 Å². The molecule has 204 valence electrons. The maximum Gasteiger partial charge on any atom is 0.408 e. The van der Waals surface area contributed by atoms with Crippen molar-refractivity contribution in [2.24, 2.45) is 0 Å². The van der Waals surface area contributed by atoms with E-state index in [-0.39, 0.29) is 10.9 Å². The van der Waals surface area contributed by atoms with Gasteiger partial charge in [-0.15, -0.1) is 0 Å². The first kappa shape index (κ1) is 26.7. The van der Waals surface area contributed by atoms with Crippen LogP contribution in [0.4, 0.5) is 4.79 Å². The lowest BCUT2D eigenvalue weighted by atomic mass is 10.0. The molecule has 0 aliphatic heterocycles. The predicted molar refractivity (Wildman–Crippen MR) is 148 cm³/mol. The Morgan fingerprint density at radius 1 is 1.13 bits per heavy atom. The van der Waals surface area contributed by atoms with Crippen LogP contribution in [0.25, 0.3) is 22.3 Å². The number of alkyl carbamates (subject to hydrolysis) is 1. The predicted octanol–water partition coefficient (Wildman–Crippen LogP) is 5.55. The van der Waals surface area contributed by atoms with E-state index in [1.54, 1.807) is 30.3 Å². The molecule has 2 aromatic carbocycles. The van der Waals surface area contributed by atoms with Gasteiger partial charge >= 0.3 is 6.09 Å². The maximum absolute atomic E-state index is 14.1. The summed E-state index contributed by atoms with van der Waals surface area (Å²) < 4.78 is 40.5. The number of ether oxygens (including phenoxy) is 2. The van der Waals surface area contributed by atoms with Crippen LogP contribution in [-0.2, 0) is 21.2 Å². The monoisotopic (exact) mass is 548 g/mol. The highest BCUT2D eigenvalue weighted by Crippen LogP contribution is 2.40. The number of carbonyl (C=O) groups is 1. The molecule has 2 heterocycles. The van der Waals surface area contributed by atoms with E-state index in [9.17, 15) is 13.2 Å². The van der Waals surface area contributed by atoms with Gasteiger partial charge in [0.25, 0.3) is 10.0 Å². The molecule has 1 unspecified atom stereocenters. The summed E-state index contributed by atoms with van der Waals surface area (Å²) in [5, 5.41) is 3.75. The van der Waals surface area contributed by atoms with E-state index in [1.807, 2.05) is 46.8 Å². The average molecular weight is 549 g/mol. The average Bonchev–Trinajstić information content (AvgIpc) is 3.45. The maximum atomic E-state index is 14.1. The van der Waals surface area contributed by atoms with Crippen molar-refractivity contribution in [1.29, 1.82) is 0 Å². The minimum absolute atomic E-state index is 0.172. The van der Waals surface area contributed by atoms with E-state index in [4.69, 9.17) is 9.47 Å². The van der Waals surface area contributed by atoms with Crippen molar-refractivity contribution in [2.75, 3.05) is 6.61 Å². The zero-order chi connectivity index (χ0) is 27.9. The highest BCUT2D eigenvalue weighted by molar-refractivity contribution is 7.90.